The highest BCUT2D eigenvalue weighted by molar-refractivity contribution is 7.15. The van der Waals surface area contributed by atoms with Crippen LogP contribution >= 0.6 is 11.3 Å². The first-order chi connectivity index (χ1) is 7.92. The average Bonchev–Trinajstić information content (AvgIpc) is 2.73. The van der Waals surface area contributed by atoms with E-state index in [9.17, 15) is 0 Å². The molecule has 2 heterocycles. The molecule has 3 rings (SSSR count). The molecule has 0 aliphatic carbocycles. The Balaban J connectivity index is 1.77. The summed E-state index contributed by atoms with van der Waals surface area (Å²) in [5.41, 5.74) is 1.34. The fraction of sp³-hybridized carbons (Fsp3) is 0.286. The SMILES string of the molecule is c1ccc(-c2ccc(CC3CNC3)s2)cc1. The first kappa shape index (κ1) is 10.1. The van der Waals surface area contributed by atoms with Gasteiger partial charge in [0.25, 0.3) is 0 Å². The monoisotopic (exact) mass is 229 g/mol. The van der Waals surface area contributed by atoms with Crippen molar-refractivity contribution in [3.05, 3.63) is 47.3 Å². The number of hydrogen-bond donors (Lipinski definition) is 1. The normalized spacial score (nSPS) is 16.0. The molecule has 1 aromatic heterocycles. The number of benzene rings is 1. The molecule has 0 amide bonds. The van der Waals surface area contributed by atoms with Gasteiger partial charge in [0.15, 0.2) is 0 Å². The summed E-state index contributed by atoms with van der Waals surface area (Å²) in [6, 6.07) is 15.2. The standard InChI is InChI=1S/C14H15NS/c1-2-4-12(5-3-1)14-7-6-13(16-14)8-11-9-15-10-11/h1-7,11,15H,8-10H2. The largest absolute Gasteiger partial charge is 0.316 e. The third kappa shape index (κ3) is 2.04. The summed E-state index contributed by atoms with van der Waals surface area (Å²) in [5.74, 6) is 0.863. The highest BCUT2D eigenvalue weighted by Crippen LogP contribution is 2.29. The van der Waals surface area contributed by atoms with Gasteiger partial charge in [-0.15, -0.1) is 11.3 Å². The third-order valence-corrected chi connectivity index (χ3v) is 4.23. The molecule has 1 nitrogen and oxygen atoms in total. The Morgan fingerprint density at radius 3 is 2.56 bits per heavy atom. The maximum absolute atomic E-state index is 3.32. The highest BCUT2D eigenvalue weighted by atomic mass is 32.1. The van der Waals surface area contributed by atoms with Gasteiger partial charge in [0.1, 0.15) is 0 Å². The molecule has 0 unspecified atom stereocenters. The van der Waals surface area contributed by atoms with E-state index in [1.165, 1.54) is 34.8 Å². The molecule has 2 aromatic rings. The minimum absolute atomic E-state index is 0.863. The number of nitrogens with one attached hydrogen (secondary N) is 1. The zero-order valence-electron chi connectivity index (χ0n) is 9.15. The first-order valence-corrected chi connectivity index (χ1v) is 6.58. The highest BCUT2D eigenvalue weighted by Gasteiger charge is 2.17. The molecule has 16 heavy (non-hydrogen) atoms. The predicted molar refractivity (Wildman–Crippen MR) is 69.8 cm³/mol. The Kier molecular flexibility index (Phi) is 2.77. The van der Waals surface area contributed by atoms with Crippen molar-refractivity contribution in [3.63, 3.8) is 0 Å². The molecule has 1 aliphatic rings. The summed E-state index contributed by atoms with van der Waals surface area (Å²) < 4.78 is 0. The van der Waals surface area contributed by atoms with Crippen LogP contribution in [-0.4, -0.2) is 13.1 Å². The molecule has 1 fully saturated rings. The second-order valence-electron chi connectivity index (χ2n) is 4.36. The van der Waals surface area contributed by atoms with Crippen molar-refractivity contribution in [3.8, 4) is 10.4 Å². The van der Waals surface area contributed by atoms with E-state index in [1.807, 2.05) is 11.3 Å². The van der Waals surface area contributed by atoms with E-state index in [1.54, 1.807) is 0 Å². The maximum atomic E-state index is 3.32. The van der Waals surface area contributed by atoms with E-state index >= 15 is 0 Å². The van der Waals surface area contributed by atoms with Gasteiger partial charge in [0.2, 0.25) is 0 Å². The lowest BCUT2D eigenvalue weighted by Crippen LogP contribution is -2.42. The first-order valence-electron chi connectivity index (χ1n) is 5.77. The van der Waals surface area contributed by atoms with E-state index in [-0.39, 0.29) is 0 Å². The van der Waals surface area contributed by atoms with Gasteiger partial charge in [0, 0.05) is 9.75 Å². The Morgan fingerprint density at radius 1 is 1.06 bits per heavy atom. The second-order valence-corrected chi connectivity index (χ2v) is 5.53. The Morgan fingerprint density at radius 2 is 1.88 bits per heavy atom. The molecule has 0 saturated carbocycles. The molecule has 82 valence electrons. The van der Waals surface area contributed by atoms with Crippen LogP contribution in [-0.2, 0) is 6.42 Å². The summed E-state index contributed by atoms with van der Waals surface area (Å²) in [7, 11) is 0. The van der Waals surface area contributed by atoms with Crippen molar-refractivity contribution in [2.75, 3.05) is 13.1 Å². The minimum atomic E-state index is 0.863. The van der Waals surface area contributed by atoms with Crippen molar-refractivity contribution in [1.82, 2.24) is 5.32 Å². The van der Waals surface area contributed by atoms with Gasteiger partial charge in [-0.3, -0.25) is 0 Å². The molecule has 1 saturated heterocycles. The minimum Gasteiger partial charge on any atom is -0.316 e. The molecule has 1 aliphatic heterocycles. The van der Waals surface area contributed by atoms with Crippen molar-refractivity contribution in [2.24, 2.45) is 5.92 Å². The van der Waals surface area contributed by atoms with Crippen LogP contribution in [0.4, 0.5) is 0 Å². The van der Waals surface area contributed by atoms with Crippen LogP contribution in [0, 0.1) is 5.92 Å². The zero-order chi connectivity index (χ0) is 10.8. The lowest BCUT2D eigenvalue weighted by molar-refractivity contribution is 0.348. The Hall–Kier alpha value is -1.12. The van der Waals surface area contributed by atoms with E-state index < -0.39 is 0 Å². The molecule has 0 atom stereocenters. The number of thiophene rings is 1. The molecular formula is C14H15NS. The predicted octanol–water partition coefficient (Wildman–Crippen LogP) is 3.18. The summed E-state index contributed by atoms with van der Waals surface area (Å²) in [6.45, 7) is 2.39. The van der Waals surface area contributed by atoms with Crippen LogP contribution in [0.5, 0.6) is 0 Å². The fourth-order valence-electron chi connectivity index (χ4n) is 2.02. The van der Waals surface area contributed by atoms with Gasteiger partial charge >= 0.3 is 0 Å². The van der Waals surface area contributed by atoms with E-state index in [0.717, 1.165) is 5.92 Å². The topological polar surface area (TPSA) is 12.0 Å². The molecule has 0 spiro atoms. The van der Waals surface area contributed by atoms with Crippen molar-refractivity contribution >= 4 is 11.3 Å². The van der Waals surface area contributed by atoms with Gasteiger partial charge in [-0.1, -0.05) is 30.3 Å². The fourth-order valence-corrected chi connectivity index (χ4v) is 3.15. The molecule has 2 heteroatoms. The molecule has 0 radical (unpaired) electrons. The van der Waals surface area contributed by atoms with E-state index in [4.69, 9.17) is 0 Å². The summed E-state index contributed by atoms with van der Waals surface area (Å²) in [6.07, 6.45) is 1.24. The van der Waals surface area contributed by atoms with Crippen LogP contribution in [0.25, 0.3) is 10.4 Å². The Bertz CT molecular complexity index is 457. The molecule has 1 aromatic carbocycles. The van der Waals surface area contributed by atoms with Crippen molar-refractivity contribution < 1.29 is 0 Å². The van der Waals surface area contributed by atoms with Gasteiger partial charge < -0.3 is 5.32 Å². The van der Waals surface area contributed by atoms with Crippen molar-refractivity contribution in [1.29, 1.82) is 0 Å². The van der Waals surface area contributed by atoms with Gasteiger partial charge in [-0.05, 0) is 43.1 Å². The smallest absolute Gasteiger partial charge is 0.0345 e. The zero-order valence-corrected chi connectivity index (χ0v) is 9.96. The summed E-state index contributed by atoms with van der Waals surface area (Å²) >= 11 is 1.94. The summed E-state index contributed by atoms with van der Waals surface area (Å²) in [4.78, 5) is 2.91. The van der Waals surface area contributed by atoms with Crippen LogP contribution < -0.4 is 5.32 Å². The van der Waals surface area contributed by atoms with E-state index in [0.29, 0.717) is 0 Å². The molecule has 0 bridgehead atoms. The van der Waals surface area contributed by atoms with Gasteiger partial charge in [0.05, 0.1) is 0 Å². The lowest BCUT2D eigenvalue weighted by atomic mass is 9.99. The second kappa shape index (κ2) is 4.40. The van der Waals surface area contributed by atoms with Crippen LogP contribution in [0.1, 0.15) is 4.88 Å². The van der Waals surface area contributed by atoms with Crippen molar-refractivity contribution in [2.45, 2.75) is 6.42 Å². The number of hydrogen-bond acceptors (Lipinski definition) is 2. The lowest BCUT2D eigenvalue weighted by Gasteiger charge is -2.26. The Labute approximate surface area is 100 Å². The van der Waals surface area contributed by atoms with Crippen LogP contribution in [0.3, 0.4) is 0 Å². The van der Waals surface area contributed by atoms with Crippen LogP contribution in [0.15, 0.2) is 42.5 Å². The molecular weight excluding hydrogens is 214 g/mol. The quantitative estimate of drug-likeness (QED) is 0.852. The van der Waals surface area contributed by atoms with Gasteiger partial charge in [-0.2, -0.15) is 0 Å². The van der Waals surface area contributed by atoms with Crippen LogP contribution in [0.2, 0.25) is 0 Å². The third-order valence-electron chi connectivity index (χ3n) is 3.08. The van der Waals surface area contributed by atoms with E-state index in [2.05, 4.69) is 47.8 Å². The van der Waals surface area contributed by atoms with Gasteiger partial charge in [-0.25, -0.2) is 0 Å². The average molecular weight is 229 g/mol. The number of rotatable bonds is 3. The maximum Gasteiger partial charge on any atom is 0.0345 e. The molecule has 1 N–H and O–H groups in total. The summed E-state index contributed by atoms with van der Waals surface area (Å²) in [5, 5.41) is 3.32.